The molecule has 0 atom stereocenters. The molecule has 0 aliphatic heterocycles. The first-order valence-electron chi connectivity index (χ1n) is 4.78. The molecule has 0 saturated heterocycles. The zero-order valence-corrected chi connectivity index (χ0v) is 11.8. The Morgan fingerprint density at radius 2 is 2.13 bits per heavy atom. The van der Waals surface area contributed by atoms with Crippen molar-refractivity contribution in [3.63, 3.8) is 0 Å². The smallest absolute Gasteiger partial charge is 0.305 e. The van der Waals surface area contributed by atoms with Gasteiger partial charge in [-0.05, 0) is 13.3 Å². The summed E-state index contributed by atoms with van der Waals surface area (Å²) in [6, 6.07) is 0. The monoisotopic (exact) mass is 329 g/mol. The molecule has 0 aliphatic carbocycles. The largest absolute Gasteiger partial charge is 0.466 e. The zero-order chi connectivity index (χ0) is 10.8. The second-order valence-corrected chi connectivity index (χ2v) is 2.66. The molecule has 0 aliphatic rings. The predicted molar refractivity (Wildman–Crippen MR) is 71.7 cm³/mol. The fraction of sp³-hybridized carbons (Fsp3) is 0.778. The van der Waals surface area contributed by atoms with Crippen molar-refractivity contribution >= 4 is 35.9 Å². The van der Waals surface area contributed by atoms with Crippen LogP contribution in [0.2, 0.25) is 0 Å². The Hall–Kier alpha value is -0.530. The molecule has 0 saturated carbocycles. The summed E-state index contributed by atoms with van der Waals surface area (Å²) < 4.78 is 4.79. The van der Waals surface area contributed by atoms with Crippen molar-refractivity contribution in [2.75, 3.05) is 27.2 Å². The normalized spacial score (nSPS) is 10.2. The van der Waals surface area contributed by atoms with Gasteiger partial charge in [0.05, 0.1) is 6.61 Å². The van der Waals surface area contributed by atoms with E-state index < -0.39 is 0 Å². The van der Waals surface area contributed by atoms with Crippen LogP contribution in [-0.4, -0.2) is 39.2 Å². The van der Waals surface area contributed by atoms with Crippen molar-refractivity contribution in [3.8, 4) is 0 Å². The predicted octanol–water partition coefficient (Wildman–Crippen LogP) is 0.743. The lowest BCUT2D eigenvalue weighted by molar-refractivity contribution is -0.143. The Kier molecular flexibility index (Phi) is 13.0. The summed E-state index contributed by atoms with van der Waals surface area (Å²) in [5.74, 6) is 0.586. The maximum absolute atomic E-state index is 10.9. The lowest BCUT2D eigenvalue weighted by Gasteiger charge is -2.07. The molecule has 0 aromatic heterocycles. The number of nitrogens with one attached hydrogen (secondary N) is 2. The average molecular weight is 329 g/mol. The van der Waals surface area contributed by atoms with Gasteiger partial charge in [-0.15, -0.1) is 24.0 Å². The molecule has 0 aromatic carbocycles. The van der Waals surface area contributed by atoms with Crippen LogP contribution in [0.25, 0.3) is 0 Å². The molecule has 0 spiro atoms. The van der Waals surface area contributed by atoms with Crippen LogP contribution >= 0.6 is 24.0 Å². The number of hydrogen-bond donors (Lipinski definition) is 2. The van der Waals surface area contributed by atoms with Gasteiger partial charge in [0.2, 0.25) is 0 Å². The number of carbonyl (C=O) groups excluding carboxylic acids is 1. The minimum Gasteiger partial charge on any atom is -0.466 e. The molecule has 0 radical (unpaired) electrons. The molecule has 90 valence electrons. The fourth-order valence-electron chi connectivity index (χ4n) is 0.952. The molecular formula is C9H20IN3O2. The third-order valence-electron chi connectivity index (χ3n) is 1.62. The van der Waals surface area contributed by atoms with Crippen molar-refractivity contribution in [3.05, 3.63) is 0 Å². The summed E-state index contributed by atoms with van der Waals surface area (Å²) in [4.78, 5) is 14.9. The quantitative estimate of drug-likeness (QED) is 0.257. The average Bonchev–Trinajstić information content (AvgIpc) is 2.19. The lowest BCUT2D eigenvalue weighted by atomic mass is 10.3. The SMILES string of the molecule is CCOC(=O)CCCNC(=NC)NC.I. The summed E-state index contributed by atoms with van der Waals surface area (Å²) in [5.41, 5.74) is 0. The van der Waals surface area contributed by atoms with Gasteiger partial charge < -0.3 is 15.4 Å². The first-order valence-corrected chi connectivity index (χ1v) is 4.78. The van der Waals surface area contributed by atoms with Crippen LogP contribution in [0, 0.1) is 0 Å². The Balaban J connectivity index is 0. The molecule has 15 heavy (non-hydrogen) atoms. The lowest BCUT2D eigenvalue weighted by Crippen LogP contribution is -2.35. The molecule has 0 heterocycles. The number of ether oxygens (including phenoxy) is 1. The molecule has 0 rings (SSSR count). The maximum atomic E-state index is 10.9. The van der Waals surface area contributed by atoms with Gasteiger partial charge in [0, 0.05) is 27.1 Å². The van der Waals surface area contributed by atoms with E-state index in [1.54, 1.807) is 21.0 Å². The highest BCUT2D eigenvalue weighted by atomic mass is 127. The van der Waals surface area contributed by atoms with Crippen molar-refractivity contribution in [2.45, 2.75) is 19.8 Å². The number of guanidine groups is 1. The fourth-order valence-corrected chi connectivity index (χ4v) is 0.952. The van der Waals surface area contributed by atoms with Crippen LogP contribution in [0.5, 0.6) is 0 Å². The van der Waals surface area contributed by atoms with Gasteiger partial charge in [-0.2, -0.15) is 0 Å². The Morgan fingerprint density at radius 3 is 2.60 bits per heavy atom. The summed E-state index contributed by atoms with van der Waals surface area (Å²) in [5, 5.41) is 5.94. The number of halogens is 1. The standard InChI is InChI=1S/C9H19N3O2.HI/c1-4-14-8(13)6-5-7-12-9(10-2)11-3;/h4-7H2,1-3H3,(H2,10,11,12);1H. The zero-order valence-electron chi connectivity index (χ0n) is 9.50. The Bertz CT molecular complexity index is 198. The second-order valence-electron chi connectivity index (χ2n) is 2.66. The van der Waals surface area contributed by atoms with E-state index in [4.69, 9.17) is 4.74 Å². The van der Waals surface area contributed by atoms with Gasteiger partial charge in [-0.3, -0.25) is 9.79 Å². The second kappa shape index (κ2) is 11.5. The van der Waals surface area contributed by atoms with Gasteiger partial charge in [0.15, 0.2) is 5.96 Å². The number of nitrogens with zero attached hydrogens (tertiary/aromatic N) is 1. The minimum absolute atomic E-state index is 0. The molecule has 2 N–H and O–H groups in total. The number of esters is 1. The van der Waals surface area contributed by atoms with E-state index >= 15 is 0 Å². The van der Waals surface area contributed by atoms with Crippen molar-refractivity contribution in [1.29, 1.82) is 0 Å². The van der Waals surface area contributed by atoms with Crippen LogP contribution in [0.4, 0.5) is 0 Å². The summed E-state index contributed by atoms with van der Waals surface area (Å²) in [7, 11) is 3.49. The molecular weight excluding hydrogens is 309 g/mol. The summed E-state index contributed by atoms with van der Waals surface area (Å²) >= 11 is 0. The van der Waals surface area contributed by atoms with E-state index in [1.807, 2.05) is 0 Å². The number of rotatable bonds is 5. The highest BCUT2D eigenvalue weighted by Crippen LogP contribution is 1.90. The van der Waals surface area contributed by atoms with E-state index in [2.05, 4.69) is 15.6 Å². The molecule has 0 unspecified atom stereocenters. The van der Waals surface area contributed by atoms with E-state index in [1.165, 1.54) is 0 Å². The van der Waals surface area contributed by atoms with Crippen molar-refractivity contribution in [1.82, 2.24) is 10.6 Å². The molecule has 5 nitrogen and oxygen atoms in total. The highest BCUT2D eigenvalue weighted by Gasteiger charge is 2.00. The summed E-state index contributed by atoms with van der Waals surface area (Å²) in [6.45, 7) is 2.97. The first kappa shape index (κ1) is 16.9. The van der Waals surface area contributed by atoms with Gasteiger partial charge in [-0.25, -0.2) is 0 Å². The van der Waals surface area contributed by atoms with E-state index in [9.17, 15) is 4.79 Å². The molecule has 0 amide bonds. The van der Waals surface area contributed by atoms with E-state index in [0.29, 0.717) is 19.6 Å². The van der Waals surface area contributed by atoms with E-state index in [-0.39, 0.29) is 29.9 Å². The summed E-state index contributed by atoms with van der Waals surface area (Å²) in [6.07, 6.45) is 1.20. The van der Waals surface area contributed by atoms with Gasteiger partial charge >= 0.3 is 5.97 Å². The molecule has 6 heteroatoms. The number of hydrogen-bond acceptors (Lipinski definition) is 3. The number of carbonyl (C=O) groups is 1. The van der Waals surface area contributed by atoms with Crippen molar-refractivity contribution < 1.29 is 9.53 Å². The van der Waals surface area contributed by atoms with Crippen LogP contribution < -0.4 is 10.6 Å². The Labute approximate surface area is 108 Å². The van der Waals surface area contributed by atoms with Crippen LogP contribution in [0.3, 0.4) is 0 Å². The van der Waals surface area contributed by atoms with Crippen LogP contribution in [0.15, 0.2) is 4.99 Å². The van der Waals surface area contributed by atoms with Crippen LogP contribution in [-0.2, 0) is 9.53 Å². The molecule has 0 aromatic rings. The topological polar surface area (TPSA) is 62.7 Å². The highest BCUT2D eigenvalue weighted by molar-refractivity contribution is 14.0. The third kappa shape index (κ3) is 9.77. The van der Waals surface area contributed by atoms with Gasteiger partial charge in [-0.1, -0.05) is 0 Å². The third-order valence-corrected chi connectivity index (χ3v) is 1.62. The first-order chi connectivity index (χ1) is 6.74. The van der Waals surface area contributed by atoms with Crippen molar-refractivity contribution in [2.24, 2.45) is 4.99 Å². The maximum Gasteiger partial charge on any atom is 0.305 e. The van der Waals surface area contributed by atoms with Gasteiger partial charge in [0.25, 0.3) is 0 Å². The Morgan fingerprint density at radius 1 is 1.47 bits per heavy atom. The van der Waals surface area contributed by atoms with Gasteiger partial charge in [0.1, 0.15) is 0 Å². The van der Waals surface area contributed by atoms with E-state index in [0.717, 1.165) is 12.4 Å². The van der Waals surface area contributed by atoms with Crippen LogP contribution in [0.1, 0.15) is 19.8 Å². The number of aliphatic imine (C=N–C) groups is 1. The minimum atomic E-state index is -0.145. The molecule has 0 fully saturated rings. The molecule has 0 bridgehead atoms.